The highest BCUT2D eigenvalue weighted by Gasteiger charge is 2.16. The van der Waals surface area contributed by atoms with Crippen molar-refractivity contribution in [3.63, 3.8) is 0 Å². The van der Waals surface area contributed by atoms with Crippen LogP contribution in [0.1, 0.15) is 12.5 Å². The summed E-state index contributed by atoms with van der Waals surface area (Å²) in [5.41, 5.74) is 6.59. The molecular weight excluding hydrogens is 310 g/mol. The smallest absolute Gasteiger partial charge is 0.0717 e. The molecule has 1 heterocycles. The van der Waals surface area contributed by atoms with Crippen molar-refractivity contribution in [3.8, 4) is 0 Å². The van der Waals surface area contributed by atoms with Gasteiger partial charge in [0.05, 0.1) is 12.3 Å². The number of hydrogen-bond acceptors (Lipinski definition) is 4. The molecule has 4 nitrogen and oxygen atoms in total. The van der Waals surface area contributed by atoms with Gasteiger partial charge in [0.2, 0.25) is 0 Å². The molecule has 4 heteroatoms. The molecule has 1 aliphatic rings. The Bertz CT molecular complexity index is 649. The van der Waals surface area contributed by atoms with E-state index in [0.717, 1.165) is 44.0 Å². The zero-order valence-electron chi connectivity index (χ0n) is 14.9. The Labute approximate surface area is 150 Å². The Morgan fingerprint density at radius 3 is 2.24 bits per heavy atom. The molecule has 25 heavy (non-hydrogen) atoms. The van der Waals surface area contributed by atoms with Crippen LogP contribution in [0.15, 0.2) is 66.7 Å². The Morgan fingerprint density at radius 1 is 0.960 bits per heavy atom. The molecule has 0 aliphatic carbocycles. The third-order valence-electron chi connectivity index (χ3n) is 4.46. The van der Waals surface area contributed by atoms with E-state index in [1.165, 1.54) is 5.69 Å². The summed E-state index contributed by atoms with van der Waals surface area (Å²) in [7, 11) is 0. The van der Waals surface area contributed by atoms with Crippen molar-refractivity contribution in [3.05, 3.63) is 72.3 Å². The Morgan fingerprint density at radius 2 is 1.60 bits per heavy atom. The Kier molecular flexibility index (Phi) is 6.48. The van der Waals surface area contributed by atoms with E-state index < -0.39 is 0 Å². The van der Waals surface area contributed by atoms with E-state index in [4.69, 9.17) is 4.84 Å². The predicted molar refractivity (Wildman–Crippen MR) is 104 cm³/mol. The largest absolute Gasteiger partial charge is 0.369 e. The molecule has 0 saturated carbocycles. The fraction of sp³-hybridized carbons (Fsp3) is 0.333. The van der Waals surface area contributed by atoms with Gasteiger partial charge in [-0.05, 0) is 30.7 Å². The van der Waals surface area contributed by atoms with Crippen molar-refractivity contribution < 1.29 is 4.84 Å². The van der Waals surface area contributed by atoms with E-state index in [9.17, 15) is 0 Å². The molecule has 0 aromatic heterocycles. The second kappa shape index (κ2) is 9.25. The van der Waals surface area contributed by atoms with E-state index in [-0.39, 0.29) is 0 Å². The maximum Gasteiger partial charge on any atom is 0.0717 e. The SMILES string of the molecule is CCONC(=CCN1CCN(c2ccccc2)CC1)c1ccccc1. The fourth-order valence-electron chi connectivity index (χ4n) is 3.03. The normalized spacial score (nSPS) is 16.0. The van der Waals surface area contributed by atoms with Gasteiger partial charge < -0.3 is 4.90 Å². The van der Waals surface area contributed by atoms with Gasteiger partial charge >= 0.3 is 0 Å². The molecule has 3 rings (SSSR count). The van der Waals surface area contributed by atoms with Crippen LogP contribution in [0.4, 0.5) is 5.69 Å². The summed E-state index contributed by atoms with van der Waals surface area (Å²) >= 11 is 0. The van der Waals surface area contributed by atoms with Gasteiger partial charge in [-0.1, -0.05) is 48.5 Å². The zero-order chi connectivity index (χ0) is 17.3. The molecule has 0 radical (unpaired) electrons. The monoisotopic (exact) mass is 337 g/mol. The third kappa shape index (κ3) is 5.08. The van der Waals surface area contributed by atoms with E-state index in [1.54, 1.807) is 0 Å². The highest BCUT2D eigenvalue weighted by atomic mass is 16.6. The van der Waals surface area contributed by atoms with E-state index >= 15 is 0 Å². The first-order chi connectivity index (χ1) is 12.4. The second-order valence-electron chi connectivity index (χ2n) is 6.14. The van der Waals surface area contributed by atoms with Crippen molar-refractivity contribution in [2.75, 3.05) is 44.2 Å². The average Bonchev–Trinajstić information content (AvgIpc) is 2.70. The average molecular weight is 337 g/mol. The summed E-state index contributed by atoms with van der Waals surface area (Å²) in [6.45, 7) is 7.82. The molecule has 1 aliphatic heterocycles. The zero-order valence-corrected chi connectivity index (χ0v) is 14.9. The van der Waals surface area contributed by atoms with E-state index in [1.807, 2.05) is 13.0 Å². The molecule has 0 unspecified atom stereocenters. The van der Waals surface area contributed by atoms with Crippen molar-refractivity contribution in [1.82, 2.24) is 10.4 Å². The lowest BCUT2D eigenvalue weighted by molar-refractivity contribution is 0.0896. The van der Waals surface area contributed by atoms with Crippen molar-refractivity contribution in [1.29, 1.82) is 0 Å². The number of rotatable bonds is 7. The lowest BCUT2D eigenvalue weighted by Crippen LogP contribution is -2.46. The highest BCUT2D eigenvalue weighted by molar-refractivity contribution is 5.63. The first-order valence-corrected chi connectivity index (χ1v) is 9.02. The molecule has 0 atom stereocenters. The Balaban J connectivity index is 1.57. The summed E-state index contributed by atoms with van der Waals surface area (Å²) in [6.07, 6.45) is 2.23. The van der Waals surface area contributed by atoms with Gasteiger partial charge in [-0.3, -0.25) is 15.2 Å². The van der Waals surface area contributed by atoms with Crippen LogP contribution in [-0.2, 0) is 4.84 Å². The first-order valence-electron chi connectivity index (χ1n) is 9.02. The highest BCUT2D eigenvalue weighted by Crippen LogP contribution is 2.16. The number of nitrogens with one attached hydrogen (secondary N) is 1. The van der Waals surface area contributed by atoms with Gasteiger partial charge in [0, 0.05) is 38.4 Å². The molecule has 1 N–H and O–H groups in total. The van der Waals surface area contributed by atoms with Crippen LogP contribution in [0.2, 0.25) is 0 Å². The number of para-hydroxylation sites is 1. The van der Waals surface area contributed by atoms with Crippen LogP contribution in [0, 0.1) is 0 Å². The maximum absolute atomic E-state index is 5.42. The van der Waals surface area contributed by atoms with E-state index in [2.05, 4.69) is 76.0 Å². The topological polar surface area (TPSA) is 27.7 Å². The molecule has 0 bridgehead atoms. The molecular formula is C21H27N3O. The summed E-state index contributed by atoms with van der Waals surface area (Å²) in [6, 6.07) is 21.0. The van der Waals surface area contributed by atoms with E-state index in [0.29, 0.717) is 6.61 Å². The van der Waals surface area contributed by atoms with Gasteiger partial charge in [0.1, 0.15) is 0 Å². The number of hydrogen-bond donors (Lipinski definition) is 1. The predicted octanol–water partition coefficient (Wildman–Crippen LogP) is 3.39. The van der Waals surface area contributed by atoms with Crippen LogP contribution in [0.25, 0.3) is 5.70 Å². The number of hydroxylamine groups is 1. The molecule has 0 spiro atoms. The van der Waals surface area contributed by atoms with Crippen molar-refractivity contribution in [2.45, 2.75) is 6.92 Å². The quantitative estimate of drug-likeness (QED) is 0.784. The molecule has 1 fully saturated rings. The van der Waals surface area contributed by atoms with Gasteiger partial charge in [-0.2, -0.15) is 0 Å². The number of anilines is 1. The summed E-state index contributed by atoms with van der Waals surface area (Å²) in [4.78, 5) is 10.4. The maximum atomic E-state index is 5.42. The summed E-state index contributed by atoms with van der Waals surface area (Å²) in [5.74, 6) is 0. The van der Waals surface area contributed by atoms with Crippen molar-refractivity contribution >= 4 is 11.4 Å². The molecule has 2 aromatic rings. The molecule has 0 amide bonds. The molecule has 2 aromatic carbocycles. The lowest BCUT2D eigenvalue weighted by atomic mass is 10.1. The van der Waals surface area contributed by atoms with Crippen LogP contribution < -0.4 is 10.4 Å². The number of benzene rings is 2. The van der Waals surface area contributed by atoms with Gasteiger partial charge in [-0.15, -0.1) is 0 Å². The first kappa shape index (κ1) is 17.5. The standard InChI is InChI=1S/C21H27N3O/c1-2-25-22-21(19-9-5-3-6-10-19)13-14-23-15-17-24(18-16-23)20-11-7-4-8-12-20/h3-13,22H,2,14-18H2,1H3. The minimum atomic E-state index is 0.639. The third-order valence-corrected chi connectivity index (χ3v) is 4.46. The molecule has 1 saturated heterocycles. The molecule has 132 valence electrons. The number of nitrogens with zero attached hydrogens (tertiary/aromatic N) is 2. The fourth-order valence-corrected chi connectivity index (χ4v) is 3.03. The van der Waals surface area contributed by atoms with Crippen molar-refractivity contribution in [2.24, 2.45) is 0 Å². The van der Waals surface area contributed by atoms with Crippen LogP contribution in [0.5, 0.6) is 0 Å². The minimum Gasteiger partial charge on any atom is -0.369 e. The van der Waals surface area contributed by atoms with Crippen LogP contribution in [0.3, 0.4) is 0 Å². The van der Waals surface area contributed by atoms with Gasteiger partial charge in [-0.25, -0.2) is 0 Å². The van der Waals surface area contributed by atoms with Crippen LogP contribution in [-0.4, -0.2) is 44.2 Å². The Hall–Kier alpha value is -2.30. The number of piperazine rings is 1. The van der Waals surface area contributed by atoms with Crippen LogP contribution >= 0.6 is 0 Å². The summed E-state index contributed by atoms with van der Waals surface area (Å²) in [5, 5.41) is 0. The minimum absolute atomic E-state index is 0.639. The lowest BCUT2D eigenvalue weighted by Gasteiger charge is -2.35. The second-order valence-corrected chi connectivity index (χ2v) is 6.14. The van der Waals surface area contributed by atoms with Gasteiger partial charge in [0.25, 0.3) is 0 Å². The van der Waals surface area contributed by atoms with Gasteiger partial charge in [0.15, 0.2) is 0 Å². The summed E-state index contributed by atoms with van der Waals surface area (Å²) < 4.78 is 0.